The molecule has 2 N–H and O–H groups in total. The van der Waals surface area contributed by atoms with Crippen molar-refractivity contribution in [3.8, 4) is 5.75 Å². The van der Waals surface area contributed by atoms with Crippen molar-refractivity contribution in [2.75, 3.05) is 26.2 Å². The van der Waals surface area contributed by atoms with Gasteiger partial charge in [-0.2, -0.15) is 0 Å². The second-order valence-electron chi connectivity index (χ2n) is 10.7. The third-order valence-corrected chi connectivity index (χ3v) is 7.84. The Bertz CT molecular complexity index is 1430. The Balaban J connectivity index is 1.42. The van der Waals surface area contributed by atoms with Crippen LogP contribution in [-0.2, 0) is 16.0 Å². The number of furan rings is 1. The largest absolute Gasteiger partial charge is 0.493 e. The number of aryl methyl sites for hydroxylation is 3. The number of fused-ring (bicyclic) bond motifs is 5. The van der Waals surface area contributed by atoms with E-state index in [1.807, 2.05) is 20.8 Å². The molecular formula is C30H34FN3O5. The molecule has 8 nitrogen and oxygen atoms in total. The average Bonchev–Trinajstić information content (AvgIpc) is 3.20. The maximum absolute atomic E-state index is 14.0. The molecule has 2 bridgehead atoms. The SMILES string of the molecule is Cc1cc(C)c2c(CC(=O)N3C[C@H]4CC[C@@H](C3)C(=O)NCCCOc3ccc(F)cc3C(=O)N4)coc2c1C. The predicted octanol–water partition coefficient (Wildman–Crippen LogP) is 3.98. The van der Waals surface area contributed by atoms with Crippen LogP contribution in [0, 0.1) is 32.5 Å². The quantitative estimate of drug-likeness (QED) is 0.517. The minimum atomic E-state index is -0.535. The fraction of sp³-hybridized carbons (Fsp3) is 0.433. The minimum Gasteiger partial charge on any atom is -0.493 e. The Morgan fingerprint density at radius 1 is 1.10 bits per heavy atom. The molecule has 0 spiro atoms. The monoisotopic (exact) mass is 535 g/mol. The van der Waals surface area contributed by atoms with Crippen LogP contribution < -0.4 is 15.4 Å². The number of hydrogen-bond acceptors (Lipinski definition) is 5. The Labute approximate surface area is 226 Å². The van der Waals surface area contributed by atoms with Gasteiger partial charge in [0.25, 0.3) is 5.91 Å². The summed E-state index contributed by atoms with van der Waals surface area (Å²) in [5.74, 6) is -1.39. The van der Waals surface area contributed by atoms with Gasteiger partial charge < -0.3 is 24.7 Å². The molecule has 3 heterocycles. The first-order chi connectivity index (χ1) is 18.7. The van der Waals surface area contributed by atoms with E-state index in [1.54, 1.807) is 11.2 Å². The van der Waals surface area contributed by atoms with E-state index in [4.69, 9.17) is 9.15 Å². The number of benzene rings is 2. The fourth-order valence-electron chi connectivity index (χ4n) is 5.60. The molecule has 0 saturated carbocycles. The van der Waals surface area contributed by atoms with Crippen LogP contribution in [0.4, 0.5) is 4.39 Å². The van der Waals surface area contributed by atoms with Crippen molar-refractivity contribution in [1.29, 1.82) is 0 Å². The van der Waals surface area contributed by atoms with Gasteiger partial charge in [-0.1, -0.05) is 6.07 Å². The van der Waals surface area contributed by atoms with E-state index in [2.05, 4.69) is 16.7 Å². The Morgan fingerprint density at radius 2 is 1.92 bits per heavy atom. The molecule has 1 fully saturated rings. The van der Waals surface area contributed by atoms with E-state index >= 15 is 0 Å². The lowest BCUT2D eigenvalue weighted by molar-refractivity contribution is -0.132. The number of rotatable bonds is 2. The van der Waals surface area contributed by atoms with Crippen LogP contribution in [0.5, 0.6) is 5.75 Å². The zero-order valence-electron chi connectivity index (χ0n) is 22.6. The summed E-state index contributed by atoms with van der Waals surface area (Å²) in [6, 6.07) is 5.53. The number of ether oxygens (including phenoxy) is 1. The zero-order chi connectivity index (χ0) is 27.7. The van der Waals surface area contributed by atoms with E-state index in [-0.39, 0.29) is 49.2 Å². The van der Waals surface area contributed by atoms with E-state index in [9.17, 15) is 18.8 Å². The molecule has 5 rings (SSSR count). The molecule has 1 aromatic heterocycles. The van der Waals surface area contributed by atoms with E-state index in [0.29, 0.717) is 25.8 Å². The van der Waals surface area contributed by atoms with Crippen LogP contribution >= 0.6 is 0 Å². The number of carbonyl (C=O) groups is 3. The Kier molecular flexibility index (Phi) is 7.59. The number of amides is 3. The van der Waals surface area contributed by atoms with E-state index in [1.165, 1.54) is 12.1 Å². The highest BCUT2D eigenvalue weighted by Gasteiger charge is 2.32. The fourth-order valence-corrected chi connectivity index (χ4v) is 5.60. The summed E-state index contributed by atoms with van der Waals surface area (Å²) >= 11 is 0. The minimum absolute atomic E-state index is 0.112. The van der Waals surface area contributed by atoms with Gasteiger partial charge in [-0.3, -0.25) is 14.4 Å². The molecule has 2 atom stereocenters. The number of carbonyl (C=O) groups excluding carboxylic acids is 3. The highest BCUT2D eigenvalue weighted by atomic mass is 19.1. The third kappa shape index (κ3) is 5.62. The summed E-state index contributed by atoms with van der Waals surface area (Å²) < 4.78 is 25.6. The molecule has 0 unspecified atom stereocenters. The lowest BCUT2D eigenvalue weighted by atomic mass is 9.98. The van der Waals surface area contributed by atoms with Crippen molar-refractivity contribution in [2.45, 2.75) is 52.5 Å². The molecule has 9 heteroatoms. The second-order valence-corrected chi connectivity index (χ2v) is 10.7. The van der Waals surface area contributed by atoms with Gasteiger partial charge in [0.15, 0.2) is 0 Å². The summed E-state index contributed by atoms with van der Waals surface area (Å²) in [5, 5.41) is 6.87. The van der Waals surface area contributed by atoms with Crippen molar-refractivity contribution in [3.05, 3.63) is 64.2 Å². The van der Waals surface area contributed by atoms with Crippen LogP contribution in [0.15, 0.2) is 34.9 Å². The van der Waals surface area contributed by atoms with Gasteiger partial charge in [0, 0.05) is 36.6 Å². The summed E-state index contributed by atoms with van der Waals surface area (Å²) in [4.78, 5) is 41.6. The Morgan fingerprint density at radius 3 is 2.74 bits per heavy atom. The highest BCUT2D eigenvalue weighted by Crippen LogP contribution is 2.31. The number of hydrogen-bond donors (Lipinski definition) is 2. The van der Waals surface area contributed by atoms with Gasteiger partial charge in [0.2, 0.25) is 11.8 Å². The number of likely N-dealkylation sites (tertiary alicyclic amines) is 1. The van der Waals surface area contributed by atoms with E-state index in [0.717, 1.165) is 39.3 Å². The lowest BCUT2D eigenvalue weighted by Gasteiger charge is -2.26. The number of nitrogens with zero attached hydrogens (tertiary/aromatic N) is 1. The summed E-state index contributed by atoms with van der Waals surface area (Å²) in [6.45, 7) is 7.21. The first-order valence-corrected chi connectivity index (χ1v) is 13.5. The van der Waals surface area contributed by atoms with Gasteiger partial charge in [-0.05, 0) is 74.9 Å². The molecule has 0 radical (unpaired) electrons. The van der Waals surface area contributed by atoms with Crippen LogP contribution in [-0.4, -0.2) is 54.9 Å². The van der Waals surface area contributed by atoms with Gasteiger partial charge >= 0.3 is 0 Å². The number of halogens is 1. The topological polar surface area (TPSA) is 101 Å². The van der Waals surface area contributed by atoms with E-state index < -0.39 is 23.7 Å². The summed E-state index contributed by atoms with van der Waals surface area (Å²) in [7, 11) is 0. The maximum atomic E-state index is 14.0. The van der Waals surface area contributed by atoms with Crippen molar-refractivity contribution < 1.29 is 27.9 Å². The molecule has 2 aliphatic heterocycles. The van der Waals surface area contributed by atoms with Gasteiger partial charge in [-0.25, -0.2) is 4.39 Å². The highest BCUT2D eigenvalue weighted by molar-refractivity contribution is 5.97. The lowest BCUT2D eigenvalue weighted by Crippen LogP contribution is -2.46. The van der Waals surface area contributed by atoms with Crippen molar-refractivity contribution in [2.24, 2.45) is 5.92 Å². The molecule has 39 heavy (non-hydrogen) atoms. The maximum Gasteiger partial charge on any atom is 0.255 e. The molecule has 0 aliphatic carbocycles. The predicted molar refractivity (Wildman–Crippen MR) is 144 cm³/mol. The van der Waals surface area contributed by atoms with Crippen LogP contribution in [0.3, 0.4) is 0 Å². The first kappa shape index (κ1) is 26.7. The smallest absolute Gasteiger partial charge is 0.255 e. The second kappa shape index (κ2) is 11.1. The Hall–Kier alpha value is -3.88. The molecular weight excluding hydrogens is 501 g/mol. The molecule has 1 saturated heterocycles. The van der Waals surface area contributed by atoms with Crippen LogP contribution in [0.25, 0.3) is 11.0 Å². The van der Waals surface area contributed by atoms with Gasteiger partial charge in [-0.15, -0.1) is 0 Å². The van der Waals surface area contributed by atoms with Crippen molar-refractivity contribution in [1.82, 2.24) is 15.5 Å². The average molecular weight is 536 g/mol. The van der Waals surface area contributed by atoms with Crippen LogP contribution in [0.1, 0.15) is 51.9 Å². The zero-order valence-corrected chi connectivity index (χ0v) is 22.6. The molecule has 2 aromatic carbocycles. The molecule has 3 amide bonds. The van der Waals surface area contributed by atoms with Gasteiger partial charge in [0.1, 0.15) is 17.1 Å². The number of nitrogens with one attached hydrogen (secondary N) is 2. The third-order valence-electron chi connectivity index (χ3n) is 7.84. The van der Waals surface area contributed by atoms with Crippen molar-refractivity contribution in [3.63, 3.8) is 0 Å². The normalized spacial score (nSPS) is 20.5. The van der Waals surface area contributed by atoms with Crippen molar-refractivity contribution >= 4 is 28.7 Å². The van der Waals surface area contributed by atoms with Gasteiger partial charge in [0.05, 0.1) is 30.8 Å². The molecule has 3 aromatic rings. The summed E-state index contributed by atoms with van der Waals surface area (Å²) in [5.41, 5.74) is 4.91. The molecule has 2 aliphatic rings. The standard InChI is InChI=1S/C30H34FN3O5/c1-17-11-18(2)27-21(16-39-28(27)19(17)3)12-26(35)34-14-20-5-7-23(15-34)33-30(37)24-13-22(31)6-8-25(24)38-10-4-9-32-29(20)36/h6,8,11,13,16,20,23H,4-5,7,9-10,12,14-15H2,1-3H3,(H,32,36)(H,33,37)/t20-,23+/m0/s1. The van der Waals surface area contributed by atoms with Crippen LogP contribution in [0.2, 0.25) is 0 Å². The first-order valence-electron chi connectivity index (χ1n) is 13.5. The molecule has 206 valence electrons. The summed E-state index contributed by atoms with van der Waals surface area (Å²) in [6.07, 6.45) is 3.30.